The van der Waals surface area contributed by atoms with Crippen LogP contribution in [0, 0.1) is 23.7 Å². The van der Waals surface area contributed by atoms with Crippen LogP contribution in [0.4, 0.5) is 0 Å². The lowest BCUT2D eigenvalue weighted by Crippen LogP contribution is -2.46. The zero-order valence-electron chi connectivity index (χ0n) is 31.0. The monoisotopic (exact) mass is 732 g/mol. The van der Waals surface area contributed by atoms with Gasteiger partial charge in [-0.3, -0.25) is 18.4 Å². The Bertz CT molecular complexity index is 2360. The molecule has 6 atom stereocenters. The Hall–Kier alpha value is -4.82. The number of likely N-dealkylation sites (tertiary alicyclic amines) is 2. The first-order chi connectivity index (χ1) is 26.4. The number of amides is 2. The summed E-state index contributed by atoms with van der Waals surface area (Å²) in [6.45, 7) is 9.77. The van der Waals surface area contributed by atoms with Crippen LogP contribution in [0.15, 0.2) is 37.1 Å². The van der Waals surface area contributed by atoms with E-state index in [0.717, 1.165) is 121 Å². The topological polar surface area (TPSA) is 151 Å². The fourth-order valence-corrected chi connectivity index (χ4v) is 9.65. The maximum absolute atomic E-state index is 13.8. The van der Waals surface area contributed by atoms with E-state index in [2.05, 4.69) is 43.6 Å². The van der Waals surface area contributed by atoms with E-state index >= 15 is 0 Å². The quantitative estimate of drug-likeness (QED) is 0.247. The van der Waals surface area contributed by atoms with E-state index in [1.807, 2.05) is 35.9 Å². The summed E-state index contributed by atoms with van der Waals surface area (Å²) in [5, 5.41) is 0. The highest BCUT2D eigenvalue weighted by Gasteiger charge is 2.38. The third-order valence-electron chi connectivity index (χ3n) is 12.9. The molecular weight excluding hydrogens is 685 g/mol. The van der Waals surface area contributed by atoms with Crippen molar-refractivity contribution < 1.29 is 19.1 Å². The molecule has 10 heterocycles. The molecule has 0 bridgehead atoms. The van der Waals surface area contributed by atoms with Crippen molar-refractivity contribution in [2.45, 2.75) is 64.2 Å². The van der Waals surface area contributed by atoms with Crippen molar-refractivity contribution >= 4 is 45.2 Å². The Morgan fingerprint density at radius 1 is 0.741 bits per heavy atom. The van der Waals surface area contributed by atoms with Crippen LogP contribution < -0.4 is 0 Å². The minimum atomic E-state index is -0.0789. The van der Waals surface area contributed by atoms with Gasteiger partial charge in [0.05, 0.1) is 60.2 Å². The van der Waals surface area contributed by atoms with E-state index < -0.39 is 0 Å². The van der Waals surface area contributed by atoms with Crippen molar-refractivity contribution in [3.05, 3.63) is 48.7 Å². The first-order valence-corrected chi connectivity index (χ1v) is 19.9. The number of nitrogens with zero attached hydrogens (tertiary/aromatic N) is 8. The van der Waals surface area contributed by atoms with Crippen molar-refractivity contribution in [3.63, 3.8) is 0 Å². The van der Waals surface area contributed by atoms with Gasteiger partial charge in [-0.1, -0.05) is 13.8 Å². The van der Waals surface area contributed by atoms with Crippen LogP contribution in [0.25, 0.3) is 44.6 Å². The molecule has 282 valence electrons. The smallest absolute Gasteiger partial charge is 0.228 e. The molecule has 14 nitrogen and oxygen atoms in total. The number of rotatable bonds is 5. The van der Waals surface area contributed by atoms with E-state index in [9.17, 15) is 9.59 Å². The SMILES string of the molecule is C[C@@H]1CCN(C(=O)[C@H]2CCCOC2)C[C@@H]1c1nc(-c2c[nH]c3ncc4cnc([C@H]5CN(C(=O)[C@@H]6CCCOC6)CC[C@H]5C)n4c23)c2cnc3[nH]ccc3n12. The lowest BCUT2D eigenvalue weighted by molar-refractivity contribution is -0.142. The molecule has 0 unspecified atom stereocenters. The molecule has 4 aliphatic heterocycles. The summed E-state index contributed by atoms with van der Waals surface area (Å²) in [4.78, 5) is 58.6. The standard InChI is InChI=1S/C40H48N10O4/c1-23-8-11-47(39(51)25-5-3-13-53-21-25)19-29(23)37-45-16-27-15-42-36-34(49(27)37)28(17-43-36)33-32-18-44-35-31(7-10-41-35)50(32)38(46-33)30-20-48(12-9-24(30)2)40(52)26-6-4-14-54-22-26/h7,10,15-18,23-26,29-30,41,43H,3-6,8-9,11-14,19-22H2,1-2H3/t23-,24-,25-,26+,29+,30+/m1/s1. The molecule has 4 fully saturated rings. The van der Waals surface area contributed by atoms with Gasteiger partial charge in [0.1, 0.15) is 22.9 Å². The number of carbonyl (C=O) groups excluding carboxylic acids is 2. The van der Waals surface area contributed by atoms with Gasteiger partial charge in [-0.25, -0.2) is 19.9 Å². The zero-order chi connectivity index (χ0) is 36.5. The minimum absolute atomic E-state index is 0.0160. The van der Waals surface area contributed by atoms with Crippen LogP contribution >= 0.6 is 0 Å². The van der Waals surface area contributed by atoms with Crippen molar-refractivity contribution in [2.75, 3.05) is 52.6 Å². The molecular formula is C40H48N10O4. The van der Waals surface area contributed by atoms with Crippen LogP contribution in [0.5, 0.6) is 0 Å². The van der Waals surface area contributed by atoms with E-state index in [1.165, 1.54) is 0 Å². The average molecular weight is 733 g/mol. The molecule has 2 N–H and O–H groups in total. The van der Waals surface area contributed by atoms with Gasteiger partial charge in [-0.2, -0.15) is 0 Å². The van der Waals surface area contributed by atoms with E-state index in [0.29, 0.717) is 38.1 Å². The fourth-order valence-electron chi connectivity index (χ4n) is 9.65. The third kappa shape index (κ3) is 5.51. The highest BCUT2D eigenvalue weighted by molar-refractivity contribution is 5.97. The zero-order valence-corrected chi connectivity index (χ0v) is 31.0. The molecule has 0 saturated carbocycles. The van der Waals surface area contributed by atoms with Gasteiger partial charge in [0, 0.05) is 69.2 Å². The summed E-state index contributed by atoms with van der Waals surface area (Å²) >= 11 is 0. The molecule has 54 heavy (non-hydrogen) atoms. The lowest BCUT2D eigenvalue weighted by Gasteiger charge is -2.38. The van der Waals surface area contributed by atoms with E-state index in [4.69, 9.17) is 29.4 Å². The molecule has 10 rings (SSSR count). The summed E-state index contributed by atoms with van der Waals surface area (Å²) in [6.07, 6.45) is 15.0. The largest absolute Gasteiger partial charge is 0.381 e. The Morgan fingerprint density at radius 3 is 2.06 bits per heavy atom. The van der Waals surface area contributed by atoms with Gasteiger partial charge in [0.2, 0.25) is 11.8 Å². The van der Waals surface area contributed by atoms with Crippen molar-refractivity contribution in [1.82, 2.24) is 48.5 Å². The predicted molar refractivity (Wildman–Crippen MR) is 202 cm³/mol. The first-order valence-electron chi connectivity index (χ1n) is 19.9. The summed E-state index contributed by atoms with van der Waals surface area (Å²) in [5.74, 6) is 2.81. The highest BCUT2D eigenvalue weighted by Crippen LogP contribution is 2.40. The predicted octanol–water partition coefficient (Wildman–Crippen LogP) is 5.16. The molecule has 0 aromatic carbocycles. The average Bonchev–Trinajstić information content (AvgIpc) is 4.03. The maximum Gasteiger partial charge on any atom is 0.228 e. The van der Waals surface area contributed by atoms with Gasteiger partial charge in [-0.15, -0.1) is 0 Å². The summed E-state index contributed by atoms with van der Waals surface area (Å²) in [5.41, 5.74) is 6.89. The minimum Gasteiger partial charge on any atom is -0.381 e. The molecule has 6 aromatic rings. The maximum atomic E-state index is 13.8. The number of aromatic amines is 2. The number of hydrogen-bond donors (Lipinski definition) is 2. The molecule has 0 aliphatic carbocycles. The van der Waals surface area contributed by atoms with Crippen molar-refractivity contribution in [1.29, 1.82) is 0 Å². The molecule has 0 spiro atoms. The molecule has 14 heteroatoms. The number of fused-ring (bicyclic) bond motifs is 6. The first kappa shape index (κ1) is 33.7. The van der Waals surface area contributed by atoms with Crippen LogP contribution in [0.2, 0.25) is 0 Å². The normalized spacial score (nSPS) is 27.1. The Kier molecular flexibility index (Phi) is 8.42. The number of nitrogens with one attached hydrogen (secondary N) is 2. The van der Waals surface area contributed by atoms with E-state index in [-0.39, 0.29) is 35.5 Å². The van der Waals surface area contributed by atoms with Gasteiger partial charge in [0.25, 0.3) is 0 Å². The van der Waals surface area contributed by atoms with Crippen LogP contribution in [-0.4, -0.2) is 113 Å². The number of imidazole rings is 2. The van der Waals surface area contributed by atoms with E-state index in [1.54, 1.807) is 0 Å². The second-order valence-electron chi connectivity index (χ2n) is 16.2. The van der Waals surface area contributed by atoms with Gasteiger partial charge >= 0.3 is 0 Å². The van der Waals surface area contributed by atoms with Crippen molar-refractivity contribution in [2.24, 2.45) is 23.7 Å². The lowest BCUT2D eigenvalue weighted by atomic mass is 9.85. The summed E-state index contributed by atoms with van der Waals surface area (Å²) in [6, 6.07) is 2.06. The number of aromatic nitrogens is 8. The van der Waals surface area contributed by atoms with Crippen LogP contribution in [0.1, 0.15) is 75.9 Å². The Morgan fingerprint density at radius 2 is 1.39 bits per heavy atom. The van der Waals surface area contributed by atoms with Crippen LogP contribution in [0.3, 0.4) is 0 Å². The third-order valence-corrected chi connectivity index (χ3v) is 12.9. The number of piperidine rings is 2. The molecule has 0 radical (unpaired) electrons. The number of hydrogen-bond acceptors (Lipinski definition) is 8. The van der Waals surface area contributed by atoms with Gasteiger partial charge in [0.15, 0.2) is 11.3 Å². The molecule has 4 aliphatic rings. The Labute approximate surface area is 312 Å². The number of ether oxygens (including phenoxy) is 2. The highest BCUT2D eigenvalue weighted by atomic mass is 16.5. The van der Waals surface area contributed by atoms with Crippen molar-refractivity contribution in [3.8, 4) is 11.3 Å². The molecule has 2 amide bonds. The second-order valence-corrected chi connectivity index (χ2v) is 16.2. The fraction of sp³-hybridized carbons (Fsp3) is 0.550. The summed E-state index contributed by atoms with van der Waals surface area (Å²) < 4.78 is 15.9. The Balaban J connectivity index is 1.08. The second kappa shape index (κ2) is 13.5. The molecule has 6 aromatic heterocycles. The van der Waals surface area contributed by atoms with Gasteiger partial charge in [-0.05, 0) is 56.4 Å². The van der Waals surface area contributed by atoms with Crippen LogP contribution in [-0.2, 0) is 19.1 Å². The van der Waals surface area contributed by atoms with Gasteiger partial charge < -0.3 is 29.2 Å². The number of carbonyl (C=O) groups is 2. The molecule has 4 saturated heterocycles. The summed E-state index contributed by atoms with van der Waals surface area (Å²) in [7, 11) is 0. The number of H-pyrrole nitrogens is 2.